The molecular formula is C30H38ClN2O2+. The van der Waals surface area contributed by atoms with Crippen molar-refractivity contribution in [3.05, 3.63) is 83.0 Å². The molecule has 2 aromatic carbocycles. The summed E-state index contributed by atoms with van der Waals surface area (Å²) in [5, 5.41) is 0.739. The normalized spacial score (nSPS) is 24.2. The zero-order chi connectivity index (χ0) is 24.0. The van der Waals surface area contributed by atoms with Gasteiger partial charge in [-0.3, -0.25) is 0 Å². The summed E-state index contributed by atoms with van der Waals surface area (Å²) in [5.74, 6) is 4.24. The van der Waals surface area contributed by atoms with E-state index in [1.807, 2.05) is 30.5 Å². The highest BCUT2D eigenvalue weighted by atomic mass is 35.5. The van der Waals surface area contributed by atoms with Crippen molar-refractivity contribution >= 4 is 11.6 Å². The van der Waals surface area contributed by atoms with Crippen LogP contribution in [0, 0.1) is 11.8 Å². The molecule has 4 nitrogen and oxygen atoms in total. The first-order chi connectivity index (χ1) is 17.2. The van der Waals surface area contributed by atoms with Gasteiger partial charge >= 0.3 is 0 Å². The van der Waals surface area contributed by atoms with Gasteiger partial charge in [-0.1, -0.05) is 68.1 Å². The Morgan fingerprint density at radius 3 is 2.54 bits per heavy atom. The summed E-state index contributed by atoms with van der Waals surface area (Å²) in [5.41, 5.74) is 1.33. The second-order valence-electron chi connectivity index (χ2n) is 10.4. The third-order valence-electron chi connectivity index (χ3n) is 8.05. The fraction of sp³-hybridized carbons (Fsp3) is 0.500. The fourth-order valence-corrected chi connectivity index (χ4v) is 6.25. The first-order valence-electron chi connectivity index (χ1n) is 13.4. The van der Waals surface area contributed by atoms with Crippen molar-refractivity contribution in [1.82, 2.24) is 4.98 Å². The number of aromatic nitrogens is 1. The summed E-state index contributed by atoms with van der Waals surface area (Å²) in [7, 11) is 0. The standard InChI is InChI=1S/C30H37ClN2O2/c1-2-22-17-18-33(21-28(22)34-26-15-13-25(31)14-16-26)20-27-19-32-30(35-27)29(23-9-5-3-6-10-23)24-11-7-4-8-12-24/h3,5-6,9-10,13-16,19,22,24,28-29H,2,4,7-8,11-12,17-18,20-21H2,1H3/p+1. The number of quaternary nitrogens is 1. The van der Waals surface area contributed by atoms with Crippen LogP contribution in [0.1, 0.15) is 75.0 Å². The largest absolute Gasteiger partial charge is 0.484 e. The third-order valence-corrected chi connectivity index (χ3v) is 8.30. The van der Waals surface area contributed by atoms with Gasteiger partial charge in [-0.15, -0.1) is 0 Å². The molecule has 0 amide bonds. The van der Waals surface area contributed by atoms with E-state index < -0.39 is 0 Å². The highest BCUT2D eigenvalue weighted by molar-refractivity contribution is 6.30. The molecule has 5 heteroatoms. The molecule has 2 heterocycles. The molecule has 1 saturated heterocycles. The maximum atomic E-state index is 6.49. The number of nitrogens with zero attached hydrogens (tertiary/aromatic N) is 1. The Bertz CT molecular complexity index is 1050. The number of nitrogens with one attached hydrogen (secondary N) is 1. The lowest BCUT2D eigenvalue weighted by molar-refractivity contribution is -0.923. The monoisotopic (exact) mass is 493 g/mol. The molecule has 0 radical (unpaired) electrons. The van der Waals surface area contributed by atoms with Gasteiger partial charge in [-0.05, 0) is 55.0 Å². The summed E-state index contributed by atoms with van der Waals surface area (Å²) in [4.78, 5) is 6.34. The maximum Gasteiger partial charge on any atom is 0.202 e. The average Bonchev–Trinajstić information content (AvgIpc) is 3.35. The van der Waals surface area contributed by atoms with Crippen molar-refractivity contribution in [3.8, 4) is 5.75 Å². The lowest BCUT2D eigenvalue weighted by Crippen LogP contribution is -3.13. The summed E-state index contributed by atoms with van der Waals surface area (Å²) >= 11 is 6.06. The molecule has 2 aliphatic rings. The van der Waals surface area contributed by atoms with Crippen LogP contribution >= 0.6 is 11.6 Å². The molecule has 4 atom stereocenters. The van der Waals surface area contributed by atoms with E-state index in [2.05, 4.69) is 37.3 Å². The first-order valence-corrected chi connectivity index (χ1v) is 13.8. The molecule has 4 unspecified atom stereocenters. The summed E-state index contributed by atoms with van der Waals surface area (Å²) < 4.78 is 12.9. The van der Waals surface area contributed by atoms with Crippen molar-refractivity contribution in [3.63, 3.8) is 0 Å². The van der Waals surface area contributed by atoms with Gasteiger partial charge < -0.3 is 14.1 Å². The van der Waals surface area contributed by atoms with Crippen LogP contribution in [-0.2, 0) is 6.54 Å². The minimum atomic E-state index is 0.201. The summed E-state index contributed by atoms with van der Waals surface area (Å²) in [6, 6.07) is 18.6. The third kappa shape index (κ3) is 6.10. The van der Waals surface area contributed by atoms with Gasteiger partial charge in [0, 0.05) is 17.4 Å². The molecule has 2 fully saturated rings. The summed E-state index contributed by atoms with van der Waals surface area (Å²) in [6.45, 7) is 5.24. The number of ether oxygens (including phenoxy) is 1. The van der Waals surface area contributed by atoms with Crippen LogP contribution in [0.15, 0.2) is 65.2 Å². The zero-order valence-corrected chi connectivity index (χ0v) is 21.6. The van der Waals surface area contributed by atoms with Crippen molar-refractivity contribution in [2.24, 2.45) is 11.8 Å². The highest BCUT2D eigenvalue weighted by Gasteiger charge is 2.34. The molecular weight excluding hydrogens is 456 g/mol. The second-order valence-corrected chi connectivity index (χ2v) is 10.8. The van der Waals surface area contributed by atoms with Gasteiger partial charge in [0.15, 0.2) is 11.9 Å². The van der Waals surface area contributed by atoms with Crippen LogP contribution in [0.2, 0.25) is 5.02 Å². The molecule has 0 spiro atoms. The number of hydrogen-bond donors (Lipinski definition) is 1. The zero-order valence-electron chi connectivity index (χ0n) is 20.8. The Morgan fingerprint density at radius 1 is 1.03 bits per heavy atom. The first kappa shape index (κ1) is 24.4. The molecule has 1 aliphatic heterocycles. The predicted molar refractivity (Wildman–Crippen MR) is 140 cm³/mol. The Hall–Kier alpha value is -2.30. The molecule has 186 valence electrons. The van der Waals surface area contributed by atoms with E-state index in [0.29, 0.717) is 11.8 Å². The predicted octanol–water partition coefficient (Wildman–Crippen LogP) is 6.30. The lowest BCUT2D eigenvalue weighted by atomic mass is 9.77. The number of benzene rings is 2. The van der Waals surface area contributed by atoms with Crippen LogP contribution in [0.4, 0.5) is 0 Å². The van der Waals surface area contributed by atoms with Crippen LogP contribution < -0.4 is 9.64 Å². The van der Waals surface area contributed by atoms with Crippen LogP contribution in [-0.4, -0.2) is 24.2 Å². The van der Waals surface area contributed by atoms with E-state index in [0.717, 1.165) is 48.5 Å². The highest BCUT2D eigenvalue weighted by Crippen LogP contribution is 2.40. The van der Waals surface area contributed by atoms with Crippen molar-refractivity contribution in [1.29, 1.82) is 0 Å². The molecule has 1 aliphatic carbocycles. The van der Waals surface area contributed by atoms with E-state index in [1.165, 1.54) is 49.0 Å². The quantitative estimate of drug-likeness (QED) is 0.400. The molecule has 1 saturated carbocycles. The topological polar surface area (TPSA) is 39.7 Å². The van der Waals surface area contributed by atoms with Crippen LogP contribution in [0.3, 0.4) is 0 Å². The van der Waals surface area contributed by atoms with Gasteiger partial charge in [0.05, 0.1) is 18.7 Å². The van der Waals surface area contributed by atoms with Crippen LogP contribution in [0.5, 0.6) is 5.75 Å². The van der Waals surface area contributed by atoms with Crippen molar-refractivity contribution in [2.45, 2.75) is 70.4 Å². The van der Waals surface area contributed by atoms with Gasteiger partial charge in [0.1, 0.15) is 18.8 Å². The molecule has 0 bridgehead atoms. The summed E-state index contributed by atoms with van der Waals surface area (Å²) in [6.07, 6.45) is 11.0. The molecule has 1 aromatic heterocycles. The van der Waals surface area contributed by atoms with Crippen molar-refractivity contribution in [2.75, 3.05) is 13.1 Å². The minimum absolute atomic E-state index is 0.201. The minimum Gasteiger partial charge on any atom is -0.484 e. The van der Waals surface area contributed by atoms with Gasteiger partial charge in [-0.2, -0.15) is 0 Å². The Balaban J connectivity index is 1.28. The van der Waals surface area contributed by atoms with E-state index in [-0.39, 0.29) is 12.0 Å². The van der Waals surface area contributed by atoms with E-state index in [1.54, 1.807) is 0 Å². The number of oxazole rings is 1. The number of piperidine rings is 1. The number of likely N-dealkylation sites (tertiary alicyclic amines) is 1. The van der Waals surface area contributed by atoms with Gasteiger partial charge in [-0.25, -0.2) is 4.98 Å². The lowest BCUT2D eigenvalue weighted by Gasteiger charge is -2.35. The van der Waals surface area contributed by atoms with Gasteiger partial charge in [0.25, 0.3) is 0 Å². The Labute approximate surface area is 214 Å². The maximum absolute atomic E-state index is 6.49. The molecule has 1 N–H and O–H groups in total. The second kappa shape index (κ2) is 11.6. The Kier molecular flexibility index (Phi) is 8.10. The molecule has 5 rings (SSSR count). The number of hydrogen-bond acceptors (Lipinski definition) is 3. The van der Waals surface area contributed by atoms with E-state index in [9.17, 15) is 0 Å². The van der Waals surface area contributed by atoms with Gasteiger partial charge in [0.2, 0.25) is 5.89 Å². The SMILES string of the molecule is CCC1CC[NH+](Cc2cnc(C(c3ccccc3)C3CCCCC3)o2)CC1Oc1ccc(Cl)cc1. The van der Waals surface area contributed by atoms with E-state index in [4.69, 9.17) is 25.7 Å². The fourth-order valence-electron chi connectivity index (χ4n) is 6.12. The van der Waals surface area contributed by atoms with Crippen LogP contribution in [0.25, 0.3) is 0 Å². The van der Waals surface area contributed by atoms with Crippen molar-refractivity contribution < 1.29 is 14.1 Å². The Morgan fingerprint density at radius 2 is 1.80 bits per heavy atom. The number of halogens is 1. The molecule has 3 aromatic rings. The van der Waals surface area contributed by atoms with E-state index >= 15 is 0 Å². The number of rotatable bonds is 8. The average molecular weight is 494 g/mol. The molecule has 35 heavy (non-hydrogen) atoms. The smallest absolute Gasteiger partial charge is 0.202 e.